The molecular formula is C7H11Br3O2. The lowest BCUT2D eigenvalue weighted by molar-refractivity contribution is -0.00219. The number of halogens is 3. The Labute approximate surface area is 97.7 Å². The van der Waals surface area contributed by atoms with E-state index in [0.717, 1.165) is 7.87 Å². The van der Waals surface area contributed by atoms with Crippen molar-refractivity contribution in [1.29, 1.82) is 0 Å². The monoisotopic (exact) mass is 364 g/mol. The second-order valence-electron chi connectivity index (χ2n) is 2.66. The van der Waals surface area contributed by atoms with Crippen LogP contribution in [-0.4, -0.2) is 23.9 Å². The van der Waals surface area contributed by atoms with Gasteiger partial charge in [0.25, 0.3) is 0 Å². The van der Waals surface area contributed by atoms with E-state index in [2.05, 4.69) is 47.8 Å². The molecule has 0 aliphatic carbocycles. The lowest BCUT2D eigenvalue weighted by atomic mass is 10.1. The fourth-order valence-corrected chi connectivity index (χ4v) is 1.66. The van der Waals surface area contributed by atoms with Crippen molar-refractivity contribution in [3.8, 4) is 0 Å². The van der Waals surface area contributed by atoms with Crippen LogP contribution in [0.3, 0.4) is 0 Å². The maximum absolute atomic E-state index is 8.57. The number of aliphatic hydroxyl groups is 1. The summed E-state index contributed by atoms with van der Waals surface area (Å²) in [6.45, 7) is 4.18. The van der Waals surface area contributed by atoms with Gasteiger partial charge in [0.15, 0.2) is 0 Å². The Hall–Kier alpha value is 1.10. The van der Waals surface area contributed by atoms with Gasteiger partial charge in [0.1, 0.15) is 0 Å². The van der Waals surface area contributed by atoms with E-state index in [9.17, 15) is 0 Å². The van der Waals surface area contributed by atoms with Crippen LogP contribution in [0, 0.1) is 0 Å². The van der Waals surface area contributed by atoms with Gasteiger partial charge in [0.05, 0.1) is 22.2 Å². The molecule has 0 aromatic heterocycles. The van der Waals surface area contributed by atoms with E-state index in [1.54, 1.807) is 0 Å². The van der Waals surface area contributed by atoms with Crippen LogP contribution in [0.4, 0.5) is 0 Å². The number of aliphatic hydroxyl groups excluding tert-OH is 1. The molecule has 0 aliphatic heterocycles. The fourth-order valence-electron chi connectivity index (χ4n) is 0.592. The maximum atomic E-state index is 8.57. The van der Waals surface area contributed by atoms with Gasteiger partial charge < -0.3 is 9.84 Å². The molecule has 0 aromatic carbocycles. The molecule has 0 rings (SSSR count). The molecule has 1 N–H and O–H groups in total. The first-order valence-electron chi connectivity index (χ1n) is 3.38. The highest BCUT2D eigenvalue weighted by atomic mass is 79.9. The molecule has 0 radical (unpaired) electrons. The maximum Gasteiger partial charge on any atom is 0.0957 e. The summed E-state index contributed by atoms with van der Waals surface area (Å²) < 4.78 is 7.08. The van der Waals surface area contributed by atoms with E-state index in [1.807, 2.05) is 13.8 Å². The summed E-state index contributed by atoms with van der Waals surface area (Å²) in [6.07, 6.45) is 0. The van der Waals surface area contributed by atoms with Crippen molar-refractivity contribution >= 4 is 47.8 Å². The first-order valence-corrected chi connectivity index (χ1v) is 5.75. The number of rotatable bonds is 4. The van der Waals surface area contributed by atoms with Crippen LogP contribution in [0.2, 0.25) is 0 Å². The van der Waals surface area contributed by atoms with E-state index in [-0.39, 0.29) is 6.61 Å². The molecular weight excluding hydrogens is 356 g/mol. The molecule has 0 bridgehead atoms. The molecule has 0 fully saturated rings. The summed E-state index contributed by atoms with van der Waals surface area (Å²) in [5.41, 5.74) is -0.426. The van der Waals surface area contributed by atoms with Crippen LogP contribution in [-0.2, 0) is 4.74 Å². The van der Waals surface area contributed by atoms with Crippen molar-refractivity contribution in [1.82, 2.24) is 0 Å². The van der Waals surface area contributed by atoms with Crippen LogP contribution in [0.15, 0.2) is 7.87 Å². The van der Waals surface area contributed by atoms with Crippen molar-refractivity contribution in [2.24, 2.45) is 0 Å². The van der Waals surface area contributed by atoms with E-state index >= 15 is 0 Å². The largest absolute Gasteiger partial charge is 0.394 e. The van der Waals surface area contributed by atoms with Crippen LogP contribution in [0.5, 0.6) is 0 Å². The van der Waals surface area contributed by atoms with Crippen molar-refractivity contribution in [3.63, 3.8) is 0 Å². The topological polar surface area (TPSA) is 29.5 Å². The second-order valence-corrected chi connectivity index (χ2v) is 6.10. The van der Waals surface area contributed by atoms with Crippen LogP contribution in [0.1, 0.15) is 13.8 Å². The molecule has 0 atom stereocenters. The van der Waals surface area contributed by atoms with Gasteiger partial charge in [-0.1, -0.05) is 15.9 Å². The summed E-state index contributed by atoms with van der Waals surface area (Å²) >= 11 is 9.92. The summed E-state index contributed by atoms with van der Waals surface area (Å²) in [6, 6.07) is 0. The molecule has 5 heteroatoms. The predicted octanol–water partition coefficient (Wildman–Crippen LogP) is 3.13. The standard InChI is InChI=1S/C7H11Br3O2/c1-7(2,12-4-3-11)5(8)6(9)10/h11H,3-4H2,1-2H3. The average Bonchev–Trinajstić information content (AvgIpc) is 1.99. The van der Waals surface area contributed by atoms with Gasteiger partial charge in [0, 0.05) is 4.48 Å². The zero-order valence-electron chi connectivity index (χ0n) is 6.90. The first kappa shape index (κ1) is 13.1. The molecule has 0 spiro atoms. The molecule has 0 aliphatic rings. The Morgan fingerprint density at radius 1 is 1.33 bits per heavy atom. The Balaban J connectivity index is 4.29. The van der Waals surface area contributed by atoms with E-state index < -0.39 is 5.60 Å². The highest BCUT2D eigenvalue weighted by molar-refractivity contribution is 9.29. The van der Waals surface area contributed by atoms with Gasteiger partial charge in [0.2, 0.25) is 0 Å². The molecule has 0 amide bonds. The van der Waals surface area contributed by atoms with Crippen molar-refractivity contribution < 1.29 is 9.84 Å². The minimum Gasteiger partial charge on any atom is -0.394 e. The highest BCUT2D eigenvalue weighted by Crippen LogP contribution is 2.34. The zero-order chi connectivity index (χ0) is 9.78. The Morgan fingerprint density at radius 3 is 2.17 bits per heavy atom. The summed E-state index contributed by atoms with van der Waals surface area (Å²) in [5, 5.41) is 8.57. The molecule has 0 saturated heterocycles. The molecule has 72 valence electrons. The van der Waals surface area contributed by atoms with Crippen molar-refractivity contribution in [2.45, 2.75) is 19.4 Å². The molecule has 0 saturated carbocycles. The lowest BCUT2D eigenvalue weighted by Crippen LogP contribution is -2.26. The molecule has 0 aromatic rings. The second kappa shape index (κ2) is 5.75. The first-order chi connectivity index (χ1) is 5.41. The van der Waals surface area contributed by atoms with Gasteiger partial charge in [-0.3, -0.25) is 0 Å². The van der Waals surface area contributed by atoms with E-state index in [4.69, 9.17) is 9.84 Å². The van der Waals surface area contributed by atoms with E-state index in [1.165, 1.54) is 0 Å². The molecule has 12 heavy (non-hydrogen) atoms. The summed E-state index contributed by atoms with van der Waals surface area (Å²) in [4.78, 5) is 0. The quantitative estimate of drug-likeness (QED) is 0.828. The summed E-state index contributed by atoms with van der Waals surface area (Å²) in [7, 11) is 0. The van der Waals surface area contributed by atoms with Gasteiger partial charge in [-0.05, 0) is 45.7 Å². The third-order valence-electron chi connectivity index (χ3n) is 1.25. The van der Waals surface area contributed by atoms with Gasteiger partial charge >= 0.3 is 0 Å². The molecule has 0 heterocycles. The van der Waals surface area contributed by atoms with Crippen LogP contribution >= 0.6 is 47.8 Å². The summed E-state index contributed by atoms with van der Waals surface area (Å²) in [5.74, 6) is 0. The van der Waals surface area contributed by atoms with Gasteiger partial charge in [-0.2, -0.15) is 0 Å². The Morgan fingerprint density at radius 2 is 1.83 bits per heavy atom. The lowest BCUT2D eigenvalue weighted by Gasteiger charge is -2.24. The smallest absolute Gasteiger partial charge is 0.0957 e. The normalized spacial score (nSPS) is 11.5. The Kier molecular flexibility index (Phi) is 6.28. The van der Waals surface area contributed by atoms with E-state index in [0.29, 0.717) is 6.61 Å². The van der Waals surface area contributed by atoms with Crippen molar-refractivity contribution in [2.75, 3.05) is 13.2 Å². The fraction of sp³-hybridized carbons (Fsp3) is 0.714. The van der Waals surface area contributed by atoms with Crippen LogP contribution in [0.25, 0.3) is 0 Å². The number of hydrogen-bond donors (Lipinski definition) is 1. The number of ether oxygens (including phenoxy) is 1. The number of hydrogen-bond acceptors (Lipinski definition) is 2. The third kappa shape index (κ3) is 4.37. The predicted molar refractivity (Wildman–Crippen MR) is 60.9 cm³/mol. The third-order valence-corrected chi connectivity index (χ3v) is 4.46. The minimum absolute atomic E-state index is 0.0314. The molecule has 2 nitrogen and oxygen atoms in total. The minimum atomic E-state index is -0.426. The average molecular weight is 367 g/mol. The Bertz CT molecular complexity index is 173. The van der Waals surface area contributed by atoms with Gasteiger partial charge in [-0.15, -0.1) is 0 Å². The SMILES string of the molecule is CC(C)(OCCO)C(Br)=C(Br)Br. The van der Waals surface area contributed by atoms with Gasteiger partial charge in [-0.25, -0.2) is 0 Å². The molecule has 0 unspecified atom stereocenters. The van der Waals surface area contributed by atoms with Crippen molar-refractivity contribution in [3.05, 3.63) is 7.87 Å². The highest BCUT2D eigenvalue weighted by Gasteiger charge is 2.23. The van der Waals surface area contributed by atoms with Crippen LogP contribution < -0.4 is 0 Å². The zero-order valence-corrected chi connectivity index (χ0v) is 11.7.